The number of carbonyl (C=O) groups excluding carboxylic acids is 1. The van der Waals surface area contributed by atoms with Crippen molar-refractivity contribution in [2.75, 3.05) is 25.0 Å². The fourth-order valence-electron chi connectivity index (χ4n) is 3.91. The van der Waals surface area contributed by atoms with Gasteiger partial charge in [0.25, 0.3) is 0 Å². The van der Waals surface area contributed by atoms with E-state index < -0.39 is 0 Å². The van der Waals surface area contributed by atoms with Gasteiger partial charge in [-0.15, -0.1) is 0 Å². The number of anilines is 1. The Kier molecular flexibility index (Phi) is 5.84. The Labute approximate surface area is 172 Å². The fraction of sp³-hybridized carbons (Fsp3) is 0.292. The van der Waals surface area contributed by atoms with Crippen molar-refractivity contribution in [3.05, 3.63) is 78.8 Å². The summed E-state index contributed by atoms with van der Waals surface area (Å²) >= 11 is 0. The molecule has 5 nitrogen and oxygen atoms in total. The topological polar surface area (TPSA) is 49.3 Å². The second-order valence-electron chi connectivity index (χ2n) is 7.58. The summed E-state index contributed by atoms with van der Waals surface area (Å²) in [5.74, 6) is 1.21. The first kappa shape index (κ1) is 19.1. The van der Waals surface area contributed by atoms with Crippen LogP contribution >= 0.6 is 0 Å². The van der Waals surface area contributed by atoms with Crippen LogP contribution in [0, 0.1) is 5.92 Å². The van der Waals surface area contributed by atoms with E-state index in [1.807, 2.05) is 30.1 Å². The SMILES string of the molecule is CN(Cc1ccc(-c2ccccc2)cc1)C(=O)C1CCN(c2cnccn2)CC1. The summed E-state index contributed by atoms with van der Waals surface area (Å²) in [6, 6.07) is 18.8. The van der Waals surface area contributed by atoms with Crippen LogP contribution in [-0.2, 0) is 11.3 Å². The van der Waals surface area contributed by atoms with E-state index in [2.05, 4.69) is 51.3 Å². The highest BCUT2D eigenvalue weighted by Gasteiger charge is 2.27. The summed E-state index contributed by atoms with van der Waals surface area (Å²) in [7, 11) is 1.91. The molecule has 1 aromatic heterocycles. The van der Waals surface area contributed by atoms with Crippen molar-refractivity contribution in [2.24, 2.45) is 5.92 Å². The average molecular weight is 386 g/mol. The van der Waals surface area contributed by atoms with E-state index in [0.717, 1.165) is 37.3 Å². The maximum atomic E-state index is 12.9. The van der Waals surface area contributed by atoms with Crippen LogP contribution in [0.2, 0.25) is 0 Å². The van der Waals surface area contributed by atoms with Crippen molar-refractivity contribution in [3.8, 4) is 11.1 Å². The lowest BCUT2D eigenvalue weighted by molar-refractivity contribution is -0.135. The van der Waals surface area contributed by atoms with Gasteiger partial charge in [-0.05, 0) is 29.5 Å². The van der Waals surface area contributed by atoms with Gasteiger partial charge in [-0.1, -0.05) is 54.6 Å². The van der Waals surface area contributed by atoms with Crippen LogP contribution in [0.5, 0.6) is 0 Å². The van der Waals surface area contributed by atoms with Crippen molar-refractivity contribution < 1.29 is 4.79 Å². The summed E-state index contributed by atoms with van der Waals surface area (Å²) in [5, 5.41) is 0. The Hall–Kier alpha value is -3.21. The number of hydrogen-bond acceptors (Lipinski definition) is 4. The monoisotopic (exact) mass is 386 g/mol. The van der Waals surface area contributed by atoms with Crippen LogP contribution in [0.3, 0.4) is 0 Å². The van der Waals surface area contributed by atoms with Gasteiger partial charge < -0.3 is 9.80 Å². The number of piperidine rings is 1. The maximum Gasteiger partial charge on any atom is 0.225 e. The Morgan fingerprint density at radius 3 is 2.34 bits per heavy atom. The van der Waals surface area contributed by atoms with Gasteiger partial charge in [0.2, 0.25) is 5.91 Å². The predicted octanol–water partition coefficient (Wildman–Crippen LogP) is 4.02. The van der Waals surface area contributed by atoms with E-state index in [1.165, 1.54) is 11.1 Å². The second-order valence-corrected chi connectivity index (χ2v) is 7.58. The molecule has 29 heavy (non-hydrogen) atoms. The standard InChI is InChI=1S/C24H26N4O/c1-27(18-19-7-9-21(10-8-19)20-5-3-2-4-6-20)24(29)22-11-15-28(16-12-22)23-17-25-13-14-26-23/h2-10,13-14,17,22H,11-12,15-16,18H2,1H3. The minimum absolute atomic E-state index is 0.0801. The third-order valence-electron chi connectivity index (χ3n) is 5.57. The van der Waals surface area contributed by atoms with Gasteiger partial charge in [-0.25, -0.2) is 4.98 Å². The Morgan fingerprint density at radius 1 is 1.00 bits per heavy atom. The molecule has 0 N–H and O–H groups in total. The number of amides is 1. The van der Waals surface area contributed by atoms with Crippen molar-refractivity contribution >= 4 is 11.7 Å². The molecule has 1 aliphatic rings. The quantitative estimate of drug-likeness (QED) is 0.665. The third-order valence-corrected chi connectivity index (χ3v) is 5.57. The largest absolute Gasteiger partial charge is 0.355 e. The van der Waals surface area contributed by atoms with Gasteiger partial charge in [0, 0.05) is 45.0 Å². The molecule has 1 aliphatic heterocycles. The van der Waals surface area contributed by atoms with Crippen LogP contribution < -0.4 is 4.90 Å². The molecule has 3 aromatic rings. The Balaban J connectivity index is 1.32. The fourth-order valence-corrected chi connectivity index (χ4v) is 3.91. The molecule has 1 fully saturated rings. The molecule has 1 saturated heterocycles. The lowest BCUT2D eigenvalue weighted by Gasteiger charge is -2.33. The van der Waals surface area contributed by atoms with Crippen LogP contribution in [0.25, 0.3) is 11.1 Å². The minimum atomic E-state index is 0.0801. The number of carbonyl (C=O) groups is 1. The highest BCUT2D eigenvalue weighted by Crippen LogP contribution is 2.24. The first-order valence-electron chi connectivity index (χ1n) is 10.1. The first-order chi connectivity index (χ1) is 14.2. The molecule has 148 valence electrons. The molecule has 0 bridgehead atoms. The molecule has 2 heterocycles. The molecule has 2 aromatic carbocycles. The maximum absolute atomic E-state index is 12.9. The number of nitrogens with zero attached hydrogens (tertiary/aromatic N) is 4. The highest BCUT2D eigenvalue weighted by molar-refractivity contribution is 5.79. The summed E-state index contributed by atoms with van der Waals surface area (Å²) in [6.45, 7) is 2.32. The zero-order valence-corrected chi connectivity index (χ0v) is 16.7. The minimum Gasteiger partial charge on any atom is -0.355 e. The van der Waals surface area contributed by atoms with E-state index in [0.29, 0.717) is 6.54 Å². The van der Waals surface area contributed by atoms with E-state index in [4.69, 9.17) is 0 Å². The first-order valence-corrected chi connectivity index (χ1v) is 10.1. The van der Waals surface area contributed by atoms with Crippen molar-refractivity contribution in [1.29, 1.82) is 0 Å². The van der Waals surface area contributed by atoms with Crippen molar-refractivity contribution in [1.82, 2.24) is 14.9 Å². The molecule has 0 radical (unpaired) electrons. The van der Waals surface area contributed by atoms with E-state index >= 15 is 0 Å². The molecule has 0 aliphatic carbocycles. The Bertz CT molecular complexity index is 920. The lowest BCUT2D eigenvalue weighted by Crippen LogP contribution is -2.41. The number of rotatable bonds is 5. The molecule has 0 saturated carbocycles. The molecule has 1 amide bonds. The molecule has 0 atom stereocenters. The van der Waals surface area contributed by atoms with Crippen LogP contribution in [0.15, 0.2) is 73.2 Å². The summed E-state index contributed by atoms with van der Waals surface area (Å²) in [5.41, 5.74) is 3.55. The Morgan fingerprint density at radius 2 is 1.69 bits per heavy atom. The smallest absolute Gasteiger partial charge is 0.225 e. The summed E-state index contributed by atoms with van der Waals surface area (Å²) in [6.07, 6.45) is 6.89. The third kappa shape index (κ3) is 4.62. The summed E-state index contributed by atoms with van der Waals surface area (Å²) in [4.78, 5) is 25.5. The van der Waals surface area contributed by atoms with Gasteiger partial charge in [0.1, 0.15) is 5.82 Å². The van der Waals surface area contributed by atoms with Gasteiger partial charge in [-0.2, -0.15) is 0 Å². The van der Waals surface area contributed by atoms with Gasteiger partial charge in [-0.3, -0.25) is 9.78 Å². The zero-order chi connectivity index (χ0) is 20.1. The van der Waals surface area contributed by atoms with Gasteiger partial charge in [0.15, 0.2) is 0 Å². The molecule has 5 heteroatoms. The van der Waals surface area contributed by atoms with Crippen molar-refractivity contribution in [2.45, 2.75) is 19.4 Å². The van der Waals surface area contributed by atoms with Gasteiger partial charge >= 0.3 is 0 Å². The van der Waals surface area contributed by atoms with Crippen molar-refractivity contribution in [3.63, 3.8) is 0 Å². The van der Waals surface area contributed by atoms with E-state index in [9.17, 15) is 4.79 Å². The lowest BCUT2D eigenvalue weighted by atomic mass is 9.95. The summed E-state index contributed by atoms with van der Waals surface area (Å²) < 4.78 is 0. The molecule has 4 rings (SSSR count). The zero-order valence-electron chi connectivity index (χ0n) is 16.7. The van der Waals surface area contributed by atoms with E-state index in [1.54, 1.807) is 18.6 Å². The average Bonchev–Trinajstić information content (AvgIpc) is 2.80. The van der Waals surface area contributed by atoms with Crippen LogP contribution in [0.4, 0.5) is 5.82 Å². The van der Waals surface area contributed by atoms with Crippen LogP contribution in [0.1, 0.15) is 18.4 Å². The highest BCUT2D eigenvalue weighted by atomic mass is 16.2. The number of hydrogen-bond donors (Lipinski definition) is 0. The molecule has 0 spiro atoms. The number of benzene rings is 2. The molecular formula is C24H26N4O. The number of aromatic nitrogens is 2. The second kappa shape index (κ2) is 8.86. The van der Waals surface area contributed by atoms with Gasteiger partial charge in [0.05, 0.1) is 6.20 Å². The normalized spacial score (nSPS) is 14.6. The van der Waals surface area contributed by atoms with E-state index in [-0.39, 0.29) is 11.8 Å². The van der Waals surface area contributed by atoms with Crippen LogP contribution in [-0.4, -0.2) is 40.9 Å². The predicted molar refractivity (Wildman–Crippen MR) is 115 cm³/mol. The molecule has 0 unspecified atom stereocenters. The molecular weight excluding hydrogens is 360 g/mol.